The van der Waals surface area contributed by atoms with E-state index in [2.05, 4.69) is 23.8 Å². The molecule has 2 unspecified atom stereocenters. The number of nitrogens with zero attached hydrogens (tertiary/aromatic N) is 2. The molecule has 4 nitrogen and oxygen atoms in total. The number of benzene rings is 1. The van der Waals surface area contributed by atoms with Gasteiger partial charge in [-0.15, -0.1) is 0 Å². The van der Waals surface area contributed by atoms with Crippen LogP contribution < -0.4 is 0 Å². The average molecular weight is 290 g/mol. The van der Waals surface area contributed by atoms with E-state index in [0.29, 0.717) is 6.04 Å². The number of esters is 1. The van der Waals surface area contributed by atoms with Crippen LogP contribution in [0, 0.1) is 0 Å². The molecule has 1 aromatic rings. The van der Waals surface area contributed by atoms with E-state index in [1.54, 1.807) is 0 Å². The van der Waals surface area contributed by atoms with E-state index in [-0.39, 0.29) is 11.9 Å². The number of piperazine rings is 1. The molecule has 1 aromatic carbocycles. The molecule has 0 amide bonds. The Balaban J connectivity index is 2.07. The maximum absolute atomic E-state index is 12.1. The summed E-state index contributed by atoms with van der Waals surface area (Å²) < 4.78 is 5.01. The molecule has 1 aliphatic heterocycles. The number of likely N-dealkylation sites (N-methyl/N-ethyl adjacent to an activating group) is 1. The molecule has 0 N–H and O–H groups in total. The average Bonchev–Trinajstić information content (AvgIpc) is 2.54. The highest BCUT2D eigenvalue weighted by molar-refractivity contribution is 5.78. The van der Waals surface area contributed by atoms with Gasteiger partial charge in [0.15, 0.2) is 0 Å². The maximum atomic E-state index is 12.1. The Morgan fingerprint density at radius 1 is 1.33 bits per heavy atom. The highest BCUT2D eigenvalue weighted by Gasteiger charge is 2.28. The van der Waals surface area contributed by atoms with Gasteiger partial charge in [0.25, 0.3) is 0 Å². The van der Waals surface area contributed by atoms with E-state index in [9.17, 15) is 4.79 Å². The highest BCUT2D eigenvalue weighted by Crippen LogP contribution is 2.21. The van der Waals surface area contributed by atoms with Crippen LogP contribution in [0.15, 0.2) is 30.3 Å². The Morgan fingerprint density at radius 3 is 2.67 bits per heavy atom. The first-order valence-corrected chi connectivity index (χ1v) is 7.71. The molecule has 0 aromatic heterocycles. The summed E-state index contributed by atoms with van der Waals surface area (Å²) in [5.41, 5.74) is 1.04. The third-order valence-corrected chi connectivity index (χ3v) is 4.46. The Kier molecular flexibility index (Phi) is 5.76. The van der Waals surface area contributed by atoms with Crippen LogP contribution in [0.4, 0.5) is 0 Å². The fourth-order valence-electron chi connectivity index (χ4n) is 3.02. The van der Waals surface area contributed by atoms with Crippen LogP contribution in [-0.2, 0) is 9.53 Å². The van der Waals surface area contributed by atoms with Crippen molar-refractivity contribution in [2.24, 2.45) is 0 Å². The molecule has 1 fully saturated rings. The van der Waals surface area contributed by atoms with Crippen LogP contribution in [0.5, 0.6) is 0 Å². The van der Waals surface area contributed by atoms with Crippen LogP contribution in [0.2, 0.25) is 0 Å². The van der Waals surface area contributed by atoms with Crippen molar-refractivity contribution in [2.75, 3.05) is 40.3 Å². The predicted octanol–water partition coefficient (Wildman–Crippen LogP) is 1.97. The minimum atomic E-state index is -0.197. The smallest absolute Gasteiger partial charge is 0.314 e. The quantitative estimate of drug-likeness (QED) is 0.776. The highest BCUT2D eigenvalue weighted by atomic mass is 16.5. The van der Waals surface area contributed by atoms with E-state index in [0.717, 1.165) is 38.2 Å². The van der Waals surface area contributed by atoms with Crippen molar-refractivity contribution in [2.45, 2.75) is 25.3 Å². The molecule has 4 heteroatoms. The number of ether oxygens (including phenoxy) is 1. The number of carbonyl (C=O) groups excluding carboxylic acids is 1. The van der Waals surface area contributed by atoms with Gasteiger partial charge in [0.05, 0.1) is 13.0 Å². The van der Waals surface area contributed by atoms with Crippen molar-refractivity contribution in [3.8, 4) is 0 Å². The van der Waals surface area contributed by atoms with E-state index in [1.165, 1.54) is 7.11 Å². The first-order chi connectivity index (χ1) is 10.2. The van der Waals surface area contributed by atoms with Crippen LogP contribution in [0.1, 0.15) is 24.8 Å². The van der Waals surface area contributed by atoms with Crippen molar-refractivity contribution in [3.05, 3.63) is 35.9 Å². The third kappa shape index (κ3) is 4.05. The summed E-state index contributed by atoms with van der Waals surface area (Å²) in [7, 11) is 3.65. The lowest BCUT2D eigenvalue weighted by molar-refractivity contribution is -0.143. The summed E-state index contributed by atoms with van der Waals surface area (Å²) in [6.07, 6.45) is 1.14. The molecule has 1 heterocycles. The Hall–Kier alpha value is -1.39. The lowest BCUT2D eigenvalue weighted by Crippen LogP contribution is -2.52. The second-order valence-corrected chi connectivity index (χ2v) is 5.79. The molecule has 116 valence electrons. The molecule has 0 spiro atoms. The second kappa shape index (κ2) is 7.57. The monoisotopic (exact) mass is 290 g/mol. The molecule has 2 atom stereocenters. The van der Waals surface area contributed by atoms with Gasteiger partial charge in [0.1, 0.15) is 0 Å². The second-order valence-electron chi connectivity index (χ2n) is 5.79. The summed E-state index contributed by atoms with van der Waals surface area (Å²) in [4.78, 5) is 16.9. The third-order valence-electron chi connectivity index (χ3n) is 4.46. The molecule has 0 radical (unpaired) electrons. The lowest BCUT2D eigenvalue weighted by atomic mass is 9.97. The van der Waals surface area contributed by atoms with Gasteiger partial charge >= 0.3 is 5.97 Å². The molecule has 0 bridgehead atoms. The standard InChI is InChI=1S/C17H26N2O2/c1-4-15-12-19(11-10-18(15)2)13-16(17(20)21-3)14-8-6-5-7-9-14/h5-9,15-16H,4,10-13H2,1-3H3. The molecule has 1 aliphatic rings. The van der Waals surface area contributed by atoms with E-state index in [4.69, 9.17) is 4.74 Å². The fourth-order valence-corrected chi connectivity index (χ4v) is 3.02. The SMILES string of the molecule is CCC1CN(CC(C(=O)OC)c2ccccc2)CCN1C. The Labute approximate surface area is 127 Å². The fraction of sp³-hybridized carbons (Fsp3) is 0.588. The van der Waals surface area contributed by atoms with Gasteiger partial charge in [0, 0.05) is 32.2 Å². The summed E-state index contributed by atoms with van der Waals surface area (Å²) in [5.74, 6) is -0.342. The van der Waals surface area contributed by atoms with Gasteiger partial charge in [-0.1, -0.05) is 37.3 Å². The van der Waals surface area contributed by atoms with Gasteiger partial charge < -0.3 is 9.64 Å². The normalized spacial score (nSPS) is 22.0. The number of rotatable bonds is 5. The summed E-state index contributed by atoms with van der Waals surface area (Å²) in [5, 5.41) is 0. The summed E-state index contributed by atoms with van der Waals surface area (Å²) in [6.45, 7) is 6.04. The molecule has 0 aliphatic carbocycles. The minimum Gasteiger partial charge on any atom is -0.469 e. The zero-order valence-electron chi connectivity index (χ0n) is 13.3. The Morgan fingerprint density at radius 2 is 2.05 bits per heavy atom. The molecular formula is C17H26N2O2. The molecule has 0 saturated carbocycles. The van der Waals surface area contributed by atoms with E-state index >= 15 is 0 Å². The number of hydrogen-bond acceptors (Lipinski definition) is 4. The van der Waals surface area contributed by atoms with Crippen molar-refractivity contribution < 1.29 is 9.53 Å². The number of carbonyl (C=O) groups is 1. The van der Waals surface area contributed by atoms with Gasteiger partial charge in [-0.05, 0) is 19.0 Å². The van der Waals surface area contributed by atoms with Crippen LogP contribution >= 0.6 is 0 Å². The van der Waals surface area contributed by atoms with E-state index in [1.807, 2.05) is 30.3 Å². The zero-order valence-corrected chi connectivity index (χ0v) is 13.3. The van der Waals surface area contributed by atoms with Gasteiger partial charge in [-0.25, -0.2) is 0 Å². The molecular weight excluding hydrogens is 264 g/mol. The maximum Gasteiger partial charge on any atom is 0.314 e. The van der Waals surface area contributed by atoms with Crippen LogP contribution in [-0.4, -0.2) is 62.1 Å². The molecule has 2 rings (SSSR count). The summed E-state index contributed by atoms with van der Waals surface area (Å²) in [6, 6.07) is 10.5. The largest absolute Gasteiger partial charge is 0.469 e. The lowest BCUT2D eigenvalue weighted by Gasteiger charge is -2.40. The first-order valence-electron chi connectivity index (χ1n) is 7.71. The van der Waals surface area contributed by atoms with Gasteiger partial charge in [-0.3, -0.25) is 9.69 Å². The minimum absolute atomic E-state index is 0.145. The van der Waals surface area contributed by atoms with Crippen LogP contribution in [0.25, 0.3) is 0 Å². The predicted molar refractivity (Wildman–Crippen MR) is 84.3 cm³/mol. The van der Waals surface area contributed by atoms with Crippen molar-refractivity contribution >= 4 is 5.97 Å². The molecule has 21 heavy (non-hydrogen) atoms. The zero-order chi connectivity index (χ0) is 15.2. The van der Waals surface area contributed by atoms with Crippen molar-refractivity contribution in [1.82, 2.24) is 9.80 Å². The van der Waals surface area contributed by atoms with E-state index < -0.39 is 0 Å². The van der Waals surface area contributed by atoms with Crippen molar-refractivity contribution in [3.63, 3.8) is 0 Å². The number of methoxy groups -OCH3 is 1. The number of hydrogen-bond donors (Lipinski definition) is 0. The van der Waals surface area contributed by atoms with Crippen LogP contribution in [0.3, 0.4) is 0 Å². The Bertz CT molecular complexity index is 449. The summed E-state index contributed by atoms with van der Waals surface area (Å²) >= 11 is 0. The topological polar surface area (TPSA) is 32.8 Å². The first kappa shape index (κ1) is 16.0. The van der Waals surface area contributed by atoms with Gasteiger partial charge in [-0.2, -0.15) is 0 Å². The van der Waals surface area contributed by atoms with Gasteiger partial charge in [0.2, 0.25) is 0 Å². The van der Waals surface area contributed by atoms with Crippen molar-refractivity contribution in [1.29, 1.82) is 0 Å². The molecule has 1 saturated heterocycles.